The van der Waals surface area contributed by atoms with Crippen molar-refractivity contribution in [3.05, 3.63) is 65.5 Å². The number of likely N-dealkylation sites (tertiary alicyclic amines) is 1. The smallest absolute Gasteiger partial charge is 0.237 e. The number of carbonyl (C=O) groups is 1. The van der Waals surface area contributed by atoms with Gasteiger partial charge in [-0.25, -0.2) is 4.39 Å². The highest BCUT2D eigenvalue weighted by Gasteiger charge is 2.30. The lowest BCUT2D eigenvalue weighted by Gasteiger charge is -2.23. The van der Waals surface area contributed by atoms with Crippen LogP contribution in [0.15, 0.2) is 48.5 Å². The number of hydrogen-bond acceptors (Lipinski definition) is 3. The first-order chi connectivity index (χ1) is 12.2. The monoisotopic (exact) mass is 342 g/mol. The minimum atomic E-state index is -0.416. The standard InChI is InChI=1S/C20H23FN2O2/c1-25-19-10-9-16(12-17(19)21)13-22-20(24)18-8-5-11-23(18)14-15-6-3-2-4-7-15/h2-4,6-7,9-10,12,18H,5,8,11,13-14H2,1H3,(H,22,24). The predicted octanol–water partition coefficient (Wildman–Crippen LogP) is 3.12. The maximum absolute atomic E-state index is 13.7. The van der Waals surface area contributed by atoms with Crippen LogP contribution in [0.3, 0.4) is 0 Å². The molecule has 4 nitrogen and oxygen atoms in total. The van der Waals surface area contributed by atoms with Crippen molar-refractivity contribution in [2.45, 2.75) is 32.0 Å². The molecule has 1 amide bonds. The van der Waals surface area contributed by atoms with Gasteiger partial charge in [-0.05, 0) is 42.6 Å². The van der Waals surface area contributed by atoms with E-state index in [0.717, 1.165) is 31.5 Å². The number of ether oxygens (including phenoxy) is 1. The van der Waals surface area contributed by atoms with Crippen LogP contribution in [0.1, 0.15) is 24.0 Å². The predicted molar refractivity (Wildman–Crippen MR) is 94.7 cm³/mol. The van der Waals surface area contributed by atoms with Crippen LogP contribution in [0.2, 0.25) is 0 Å². The molecule has 25 heavy (non-hydrogen) atoms. The topological polar surface area (TPSA) is 41.6 Å². The zero-order valence-corrected chi connectivity index (χ0v) is 14.4. The Bertz CT molecular complexity index is 721. The number of halogens is 1. The summed E-state index contributed by atoms with van der Waals surface area (Å²) < 4.78 is 18.6. The largest absolute Gasteiger partial charge is 0.494 e. The van der Waals surface area contributed by atoms with Crippen LogP contribution in [0, 0.1) is 5.82 Å². The number of nitrogens with zero attached hydrogens (tertiary/aromatic N) is 1. The first kappa shape index (κ1) is 17.4. The molecule has 0 radical (unpaired) electrons. The maximum Gasteiger partial charge on any atom is 0.237 e. The molecule has 1 atom stereocenters. The summed E-state index contributed by atoms with van der Waals surface area (Å²) in [7, 11) is 1.43. The van der Waals surface area contributed by atoms with E-state index >= 15 is 0 Å². The molecular weight excluding hydrogens is 319 g/mol. The average molecular weight is 342 g/mol. The fraction of sp³-hybridized carbons (Fsp3) is 0.350. The third kappa shape index (κ3) is 4.37. The summed E-state index contributed by atoms with van der Waals surface area (Å²) in [4.78, 5) is 14.8. The van der Waals surface area contributed by atoms with E-state index in [4.69, 9.17) is 4.74 Å². The Morgan fingerprint density at radius 3 is 2.76 bits per heavy atom. The van der Waals surface area contributed by atoms with E-state index in [-0.39, 0.29) is 17.7 Å². The van der Waals surface area contributed by atoms with Crippen LogP contribution in [-0.2, 0) is 17.9 Å². The summed E-state index contributed by atoms with van der Waals surface area (Å²) in [5.41, 5.74) is 1.93. The third-order valence-corrected chi connectivity index (χ3v) is 4.58. The first-order valence-corrected chi connectivity index (χ1v) is 8.55. The summed E-state index contributed by atoms with van der Waals surface area (Å²) in [6.07, 6.45) is 1.87. The zero-order valence-electron chi connectivity index (χ0n) is 14.4. The highest BCUT2D eigenvalue weighted by Crippen LogP contribution is 2.21. The molecule has 1 heterocycles. The Labute approximate surface area is 147 Å². The Hall–Kier alpha value is -2.40. The molecule has 2 aromatic rings. The van der Waals surface area contributed by atoms with Gasteiger partial charge in [-0.3, -0.25) is 9.69 Å². The molecule has 5 heteroatoms. The van der Waals surface area contributed by atoms with Gasteiger partial charge in [0.15, 0.2) is 11.6 Å². The van der Waals surface area contributed by atoms with Crippen LogP contribution in [0.25, 0.3) is 0 Å². The van der Waals surface area contributed by atoms with Crippen LogP contribution >= 0.6 is 0 Å². The fourth-order valence-corrected chi connectivity index (χ4v) is 3.26. The number of methoxy groups -OCH3 is 1. The lowest BCUT2D eigenvalue weighted by Crippen LogP contribution is -2.42. The summed E-state index contributed by atoms with van der Waals surface area (Å²) >= 11 is 0. The quantitative estimate of drug-likeness (QED) is 0.877. The normalized spacial score (nSPS) is 17.4. The van der Waals surface area contributed by atoms with E-state index in [2.05, 4.69) is 22.3 Å². The van der Waals surface area contributed by atoms with Crippen LogP contribution < -0.4 is 10.1 Å². The second-order valence-corrected chi connectivity index (χ2v) is 6.30. The highest BCUT2D eigenvalue weighted by molar-refractivity contribution is 5.82. The lowest BCUT2D eigenvalue weighted by molar-refractivity contribution is -0.125. The molecule has 1 aliphatic rings. The molecule has 1 saturated heterocycles. The van der Waals surface area contributed by atoms with Crippen LogP contribution in [0.5, 0.6) is 5.75 Å². The molecular formula is C20H23FN2O2. The summed E-state index contributed by atoms with van der Waals surface area (Å²) in [5, 5.41) is 2.93. The van der Waals surface area contributed by atoms with E-state index in [1.165, 1.54) is 18.7 Å². The Balaban J connectivity index is 1.57. The molecule has 0 aromatic heterocycles. The molecule has 1 N–H and O–H groups in total. The van der Waals surface area contributed by atoms with Gasteiger partial charge in [0.05, 0.1) is 13.2 Å². The van der Waals surface area contributed by atoms with Crippen LogP contribution in [0.4, 0.5) is 4.39 Å². The third-order valence-electron chi connectivity index (χ3n) is 4.58. The number of amides is 1. The molecule has 0 saturated carbocycles. The number of hydrogen-bond donors (Lipinski definition) is 1. The molecule has 1 aliphatic heterocycles. The van der Waals surface area contributed by atoms with E-state index in [1.807, 2.05) is 18.2 Å². The van der Waals surface area contributed by atoms with E-state index in [9.17, 15) is 9.18 Å². The van der Waals surface area contributed by atoms with Gasteiger partial charge in [0, 0.05) is 13.1 Å². The van der Waals surface area contributed by atoms with Crippen molar-refractivity contribution in [1.82, 2.24) is 10.2 Å². The Morgan fingerprint density at radius 1 is 1.24 bits per heavy atom. The maximum atomic E-state index is 13.7. The molecule has 0 aliphatic carbocycles. The van der Waals surface area contributed by atoms with Gasteiger partial charge in [-0.1, -0.05) is 36.4 Å². The van der Waals surface area contributed by atoms with Crippen molar-refractivity contribution in [2.75, 3.05) is 13.7 Å². The SMILES string of the molecule is COc1ccc(CNC(=O)C2CCCN2Cc2ccccc2)cc1F. The van der Waals surface area contributed by atoms with Gasteiger partial charge >= 0.3 is 0 Å². The number of rotatable bonds is 6. The second-order valence-electron chi connectivity index (χ2n) is 6.30. The van der Waals surface area contributed by atoms with Crippen molar-refractivity contribution in [1.29, 1.82) is 0 Å². The summed E-state index contributed by atoms with van der Waals surface area (Å²) in [6.45, 7) is 2.01. The van der Waals surface area contributed by atoms with Crippen molar-refractivity contribution in [3.8, 4) is 5.75 Å². The zero-order chi connectivity index (χ0) is 17.6. The highest BCUT2D eigenvalue weighted by atomic mass is 19.1. The van der Waals surface area contributed by atoms with Gasteiger partial charge in [-0.15, -0.1) is 0 Å². The summed E-state index contributed by atoms with van der Waals surface area (Å²) in [6, 6.07) is 14.8. The van der Waals surface area contributed by atoms with Gasteiger partial charge in [0.1, 0.15) is 0 Å². The summed E-state index contributed by atoms with van der Waals surface area (Å²) in [5.74, 6) is -0.203. The number of benzene rings is 2. The van der Waals surface area contributed by atoms with Crippen molar-refractivity contribution in [2.24, 2.45) is 0 Å². The molecule has 1 fully saturated rings. The minimum Gasteiger partial charge on any atom is -0.494 e. The van der Waals surface area contributed by atoms with E-state index in [1.54, 1.807) is 12.1 Å². The van der Waals surface area contributed by atoms with Gasteiger partial charge < -0.3 is 10.1 Å². The van der Waals surface area contributed by atoms with Gasteiger partial charge in [-0.2, -0.15) is 0 Å². The van der Waals surface area contributed by atoms with Crippen molar-refractivity contribution < 1.29 is 13.9 Å². The van der Waals surface area contributed by atoms with E-state index in [0.29, 0.717) is 6.54 Å². The molecule has 3 rings (SSSR count). The van der Waals surface area contributed by atoms with Gasteiger partial charge in [0.2, 0.25) is 5.91 Å². The van der Waals surface area contributed by atoms with Crippen molar-refractivity contribution >= 4 is 5.91 Å². The Morgan fingerprint density at radius 2 is 2.04 bits per heavy atom. The van der Waals surface area contributed by atoms with Crippen molar-refractivity contribution in [3.63, 3.8) is 0 Å². The fourth-order valence-electron chi connectivity index (χ4n) is 3.26. The minimum absolute atomic E-state index is 0.00431. The Kier molecular flexibility index (Phi) is 5.66. The molecule has 1 unspecified atom stereocenters. The van der Waals surface area contributed by atoms with Gasteiger partial charge in [0.25, 0.3) is 0 Å². The second kappa shape index (κ2) is 8.12. The molecule has 0 spiro atoms. The number of nitrogens with one attached hydrogen (secondary N) is 1. The van der Waals surface area contributed by atoms with E-state index < -0.39 is 5.82 Å². The number of carbonyl (C=O) groups excluding carboxylic acids is 1. The average Bonchev–Trinajstić information content (AvgIpc) is 3.09. The molecule has 132 valence electrons. The van der Waals surface area contributed by atoms with Crippen LogP contribution in [-0.4, -0.2) is 30.5 Å². The molecule has 2 aromatic carbocycles. The molecule has 0 bridgehead atoms. The lowest BCUT2D eigenvalue weighted by atomic mass is 10.1. The first-order valence-electron chi connectivity index (χ1n) is 8.55.